The SMILES string of the molecule is Cc1onc(C(C)C)c1C(=O)N1CCC2(CC1)OCCCC2O. The molecule has 1 aromatic rings. The smallest absolute Gasteiger partial charge is 0.259 e. The summed E-state index contributed by atoms with van der Waals surface area (Å²) in [5.74, 6) is 0.701. The van der Waals surface area contributed by atoms with Gasteiger partial charge in [-0.05, 0) is 38.5 Å². The quantitative estimate of drug-likeness (QED) is 0.904. The molecule has 128 valence electrons. The number of aliphatic hydroxyl groups is 1. The van der Waals surface area contributed by atoms with Gasteiger partial charge in [0.2, 0.25) is 0 Å². The molecule has 23 heavy (non-hydrogen) atoms. The van der Waals surface area contributed by atoms with Crippen molar-refractivity contribution >= 4 is 5.91 Å². The largest absolute Gasteiger partial charge is 0.390 e. The molecule has 1 unspecified atom stereocenters. The van der Waals surface area contributed by atoms with Crippen molar-refractivity contribution in [1.29, 1.82) is 0 Å². The van der Waals surface area contributed by atoms with Crippen LogP contribution >= 0.6 is 0 Å². The minimum atomic E-state index is -0.459. The van der Waals surface area contributed by atoms with Gasteiger partial charge >= 0.3 is 0 Å². The molecular formula is C17H26N2O4. The van der Waals surface area contributed by atoms with Crippen molar-refractivity contribution in [2.75, 3.05) is 19.7 Å². The highest BCUT2D eigenvalue weighted by Crippen LogP contribution is 2.36. The molecule has 2 aliphatic heterocycles. The molecule has 2 aliphatic rings. The van der Waals surface area contributed by atoms with E-state index in [4.69, 9.17) is 9.26 Å². The number of rotatable bonds is 2. The first-order chi connectivity index (χ1) is 10.9. The number of hydrogen-bond acceptors (Lipinski definition) is 5. The number of amides is 1. The van der Waals surface area contributed by atoms with Gasteiger partial charge in [0.05, 0.1) is 17.4 Å². The molecule has 0 saturated carbocycles. The predicted octanol–water partition coefficient (Wildman–Crippen LogP) is 2.25. The van der Waals surface area contributed by atoms with Gasteiger partial charge in [0, 0.05) is 19.7 Å². The lowest BCUT2D eigenvalue weighted by atomic mass is 9.82. The normalized spacial score (nSPS) is 24.4. The number of likely N-dealkylation sites (tertiary alicyclic amines) is 1. The summed E-state index contributed by atoms with van der Waals surface area (Å²) in [7, 11) is 0. The summed E-state index contributed by atoms with van der Waals surface area (Å²) in [6.07, 6.45) is 2.64. The van der Waals surface area contributed by atoms with Crippen LogP contribution in [0.25, 0.3) is 0 Å². The van der Waals surface area contributed by atoms with Gasteiger partial charge in [-0.2, -0.15) is 0 Å². The van der Waals surface area contributed by atoms with Crippen molar-refractivity contribution in [2.24, 2.45) is 0 Å². The zero-order valence-electron chi connectivity index (χ0n) is 14.2. The van der Waals surface area contributed by atoms with Gasteiger partial charge in [0.25, 0.3) is 5.91 Å². The van der Waals surface area contributed by atoms with Gasteiger partial charge in [0.15, 0.2) is 0 Å². The third-order valence-electron chi connectivity index (χ3n) is 5.17. The zero-order valence-corrected chi connectivity index (χ0v) is 14.2. The van der Waals surface area contributed by atoms with E-state index >= 15 is 0 Å². The van der Waals surface area contributed by atoms with Crippen LogP contribution in [0.1, 0.15) is 67.3 Å². The van der Waals surface area contributed by atoms with Crippen LogP contribution in [-0.4, -0.2) is 52.5 Å². The monoisotopic (exact) mass is 322 g/mol. The van der Waals surface area contributed by atoms with Crippen molar-refractivity contribution in [2.45, 2.75) is 64.1 Å². The van der Waals surface area contributed by atoms with E-state index in [-0.39, 0.29) is 11.8 Å². The van der Waals surface area contributed by atoms with Crippen LogP contribution < -0.4 is 0 Å². The highest BCUT2D eigenvalue weighted by molar-refractivity contribution is 5.96. The molecular weight excluding hydrogens is 296 g/mol. The van der Waals surface area contributed by atoms with Gasteiger partial charge < -0.3 is 19.3 Å². The van der Waals surface area contributed by atoms with E-state index in [9.17, 15) is 9.90 Å². The fourth-order valence-electron chi connectivity index (χ4n) is 3.68. The maximum absolute atomic E-state index is 12.9. The molecule has 1 N–H and O–H groups in total. The zero-order chi connectivity index (χ0) is 16.6. The maximum Gasteiger partial charge on any atom is 0.259 e. The number of carbonyl (C=O) groups excluding carboxylic acids is 1. The Morgan fingerprint density at radius 3 is 2.70 bits per heavy atom. The molecule has 1 atom stereocenters. The molecule has 1 spiro atoms. The molecule has 0 bridgehead atoms. The molecule has 3 heterocycles. The summed E-state index contributed by atoms with van der Waals surface area (Å²) in [5, 5.41) is 14.3. The maximum atomic E-state index is 12.9. The topological polar surface area (TPSA) is 75.8 Å². The summed E-state index contributed by atoms with van der Waals surface area (Å²) in [6, 6.07) is 0. The second kappa shape index (κ2) is 6.24. The summed E-state index contributed by atoms with van der Waals surface area (Å²) < 4.78 is 11.1. The van der Waals surface area contributed by atoms with Crippen LogP contribution in [0.15, 0.2) is 4.52 Å². The number of piperidine rings is 1. The second-order valence-electron chi connectivity index (χ2n) is 7.02. The van der Waals surface area contributed by atoms with Crippen LogP contribution in [-0.2, 0) is 4.74 Å². The average molecular weight is 322 g/mol. The van der Waals surface area contributed by atoms with E-state index in [2.05, 4.69) is 5.16 Å². The van der Waals surface area contributed by atoms with Gasteiger partial charge in [-0.3, -0.25) is 4.79 Å². The first kappa shape index (κ1) is 16.5. The minimum Gasteiger partial charge on any atom is -0.390 e. The number of aliphatic hydroxyl groups excluding tert-OH is 1. The van der Waals surface area contributed by atoms with Crippen molar-refractivity contribution in [1.82, 2.24) is 10.1 Å². The molecule has 0 radical (unpaired) electrons. The van der Waals surface area contributed by atoms with Gasteiger partial charge in [-0.1, -0.05) is 19.0 Å². The first-order valence-corrected chi connectivity index (χ1v) is 8.52. The summed E-state index contributed by atoms with van der Waals surface area (Å²) in [6.45, 7) is 7.69. The fourth-order valence-corrected chi connectivity index (χ4v) is 3.68. The molecule has 2 saturated heterocycles. The summed E-state index contributed by atoms with van der Waals surface area (Å²) >= 11 is 0. The molecule has 0 aliphatic carbocycles. The molecule has 6 heteroatoms. The number of ether oxygens (including phenoxy) is 1. The molecule has 1 amide bonds. The molecule has 0 aromatic carbocycles. The van der Waals surface area contributed by atoms with Crippen molar-refractivity contribution in [3.8, 4) is 0 Å². The van der Waals surface area contributed by atoms with E-state index in [1.165, 1.54) is 0 Å². The van der Waals surface area contributed by atoms with Crippen LogP contribution in [0.5, 0.6) is 0 Å². The number of aromatic nitrogens is 1. The number of carbonyl (C=O) groups is 1. The summed E-state index contributed by atoms with van der Waals surface area (Å²) in [4.78, 5) is 14.7. The Kier molecular flexibility index (Phi) is 4.47. The number of nitrogens with zero attached hydrogens (tertiary/aromatic N) is 2. The molecule has 2 fully saturated rings. The Labute approximate surface area is 136 Å². The average Bonchev–Trinajstić information content (AvgIpc) is 2.92. The highest BCUT2D eigenvalue weighted by atomic mass is 16.5. The lowest BCUT2D eigenvalue weighted by Crippen LogP contribution is -2.56. The fraction of sp³-hybridized carbons (Fsp3) is 0.765. The van der Waals surface area contributed by atoms with Crippen molar-refractivity contribution in [3.63, 3.8) is 0 Å². The molecule has 3 rings (SSSR count). The second-order valence-corrected chi connectivity index (χ2v) is 7.02. The van der Waals surface area contributed by atoms with E-state index in [1.54, 1.807) is 6.92 Å². The lowest BCUT2D eigenvalue weighted by Gasteiger charge is -2.46. The van der Waals surface area contributed by atoms with E-state index in [0.29, 0.717) is 43.9 Å². The van der Waals surface area contributed by atoms with Crippen LogP contribution in [0.3, 0.4) is 0 Å². The Hall–Kier alpha value is -1.40. The van der Waals surface area contributed by atoms with Crippen LogP contribution in [0.4, 0.5) is 0 Å². The Morgan fingerprint density at radius 2 is 2.09 bits per heavy atom. The van der Waals surface area contributed by atoms with Gasteiger partial charge in [-0.15, -0.1) is 0 Å². The Morgan fingerprint density at radius 1 is 1.39 bits per heavy atom. The lowest BCUT2D eigenvalue weighted by molar-refractivity contribution is -0.174. The third-order valence-corrected chi connectivity index (χ3v) is 5.17. The number of aryl methyl sites for hydroxylation is 1. The summed E-state index contributed by atoms with van der Waals surface area (Å²) in [5.41, 5.74) is 0.863. The molecule has 6 nitrogen and oxygen atoms in total. The number of hydrogen-bond donors (Lipinski definition) is 1. The van der Waals surface area contributed by atoms with Gasteiger partial charge in [-0.25, -0.2) is 0 Å². The Balaban J connectivity index is 1.73. The van der Waals surface area contributed by atoms with E-state index in [1.807, 2.05) is 18.7 Å². The van der Waals surface area contributed by atoms with E-state index < -0.39 is 11.7 Å². The molecule has 1 aromatic heterocycles. The van der Waals surface area contributed by atoms with Crippen molar-refractivity contribution < 1.29 is 19.2 Å². The standard InChI is InChI=1S/C17H26N2O4/c1-11(2)15-14(12(3)23-18-15)16(21)19-8-6-17(7-9-19)13(20)5-4-10-22-17/h11,13,20H,4-10H2,1-3H3. The minimum absolute atomic E-state index is 0.0207. The van der Waals surface area contributed by atoms with E-state index in [0.717, 1.165) is 18.5 Å². The van der Waals surface area contributed by atoms with Crippen molar-refractivity contribution in [3.05, 3.63) is 17.0 Å². The first-order valence-electron chi connectivity index (χ1n) is 8.52. The Bertz CT molecular complexity index is 573. The van der Waals surface area contributed by atoms with Crippen LogP contribution in [0.2, 0.25) is 0 Å². The third kappa shape index (κ3) is 2.90. The predicted molar refractivity (Wildman–Crippen MR) is 84.4 cm³/mol. The van der Waals surface area contributed by atoms with Gasteiger partial charge in [0.1, 0.15) is 11.3 Å². The highest BCUT2D eigenvalue weighted by Gasteiger charge is 2.44. The van der Waals surface area contributed by atoms with Crippen LogP contribution in [0, 0.1) is 6.92 Å².